The fraction of sp³-hybridized carbons (Fsp3) is 0.308. The van der Waals surface area contributed by atoms with E-state index in [0.29, 0.717) is 11.6 Å². The van der Waals surface area contributed by atoms with Crippen LogP contribution in [0, 0.1) is 5.82 Å². The molecule has 4 rings (SSSR count). The van der Waals surface area contributed by atoms with Crippen LogP contribution in [0.15, 0.2) is 66.9 Å². The van der Waals surface area contributed by atoms with Gasteiger partial charge in [-0.2, -0.15) is 13.2 Å². The Hall–Kier alpha value is -3.27. The number of pyridine rings is 1. The summed E-state index contributed by atoms with van der Waals surface area (Å²) in [6, 6.07) is 12.6. The number of likely N-dealkylation sites (tertiary alicyclic amines) is 1. The molecule has 0 saturated carbocycles. The van der Waals surface area contributed by atoms with Gasteiger partial charge in [0, 0.05) is 38.5 Å². The Morgan fingerprint density at radius 1 is 1.00 bits per heavy atom. The number of benzene rings is 2. The second-order valence-electron chi connectivity index (χ2n) is 8.93. The van der Waals surface area contributed by atoms with Gasteiger partial charge in [0.15, 0.2) is 0 Å². The number of carbonyl (C=O) groups is 1. The molecule has 1 atom stereocenters. The lowest BCUT2D eigenvalue weighted by Crippen LogP contribution is -2.55. The predicted octanol–water partition coefficient (Wildman–Crippen LogP) is 6.82. The minimum atomic E-state index is -4.87. The normalized spacial score (nSPS) is 17.2. The molecule has 1 aliphatic rings. The highest BCUT2D eigenvalue weighted by Crippen LogP contribution is 2.38. The number of nitrogens with zero attached hydrogens (tertiary/aromatic N) is 2. The lowest BCUT2D eigenvalue weighted by molar-refractivity contribution is -0.137. The minimum absolute atomic E-state index is 0.0927. The number of halogens is 7. The molecule has 2 amide bonds. The third-order valence-corrected chi connectivity index (χ3v) is 6.52. The van der Waals surface area contributed by atoms with Crippen LogP contribution < -0.4 is 5.32 Å². The fourth-order valence-corrected chi connectivity index (χ4v) is 4.46. The van der Waals surface area contributed by atoms with Gasteiger partial charge in [0.1, 0.15) is 11.4 Å². The van der Waals surface area contributed by atoms with Crippen molar-refractivity contribution in [1.29, 1.82) is 0 Å². The highest BCUT2D eigenvalue weighted by molar-refractivity contribution is 6.30. The molecule has 0 radical (unpaired) electrons. The maximum absolute atomic E-state index is 14.6. The predicted molar refractivity (Wildman–Crippen MR) is 126 cm³/mol. The summed E-state index contributed by atoms with van der Waals surface area (Å²) in [5, 5.41) is 2.97. The Labute approximate surface area is 214 Å². The zero-order chi connectivity index (χ0) is 26.8. The van der Waals surface area contributed by atoms with Crippen molar-refractivity contribution < 1.29 is 31.1 Å². The van der Waals surface area contributed by atoms with E-state index < -0.39 is 47.9 Å². The molecule has 196 valence electrons. The molecule has 3 aromatic rings. The third-order valence-electron chi connectivity index (χ3n) is 6.30. The van der Waals surface area contributed by atoms with E-state index in [1.807, 2.05) is 0 Å². The molecular formula is C26H22ClF6N3O. The van der Waals surface area contributed by atoms with Crippen LogP contribution in [-0.2, 0) is 18.1 Å². The molecule has 1 fully saturated rings. The molecule has 0 bridgehead atoms. The summed E-state index contributed by atoms with van der Waals surface area (Å²) in [5.74, 6) is -4.08. The summed E-state index contributed by atoms with van der Waals surface area (Å²) in [6.45, 7) is -0.517. The van der Waals surface area contributed by atoms with Crippen molar-refractivity contribution in [3.05, 3.63) is 100 Å². The van der Waals surface area contributed by atoms with Crippen LogP contribution in [0.4, 0.5) is 31.1 Å². The minimum Gasteiger partial charge on any atom is -0.324 e. The smallest absolute Gasteiger partial charge is 0.324 e. The summed E-state index contributed by atoms with van der Waals surface area (Å²) in [4.78, 5) is 18.8. The van der Waals surface area contributed by atoms with Gasteiger partial charge in [0.05, 0.1) is 16.3 Å². The van der Waals surface area contributed by atoms with Crippen molar-refractivity contribution in [2.45, 2.75) is 36.9 Å². The maximum atomic E-state index is 14.6. The van der Waals surface area contributed by atoms with Gasteiger partial charge in [0.25, 0.3) is 5.92 Å². The first-order valence-electron chi connectivity index (χ1n) is 11.4. The highest BCUT2D eigenvalue weighted by Gasteiger charge is 2.43. The van der Waals surface area contributed by atoms with Crippen molar-refractivity contribution >= 4 is 17.6 Å². The van der Waals surface area contributed by atoms with Gasteiger partial charge < -0.3 is 10.2 Å². The summed E-state index contributed by atoms with van der Waals surface area (Å²) < 4.78 is 83.1. The quantitative estimate of drug-likeness (QED) is 0.360. The molecule has 0 spiro atoms. The lowest BCUT2D eigenvalue weighted by atomic mass is 9.79. The second-order valence-corrected chi connectivity index (χ2v) is 9.37. The van der Waals surface area contributed by atoms with Gasteiger partial charge in [-0.05, 0) is 41.5 Å². The van der Waals surface area contributed by atoms with Crippen LogP contribution in [0.5, 0.6) is 0 Å². The van der Waals surface area contributed by atoms with Crippen molar-refractivity contribution in [1.82, 2.24) is 15.2 Å². The van der Waals surface area contributed by atoms with Crippen LogP contribution in [0.1, 0.15) is 35.2 Å². The molecule has 0 aliphatic carbocycles. The van der Waals surface area contributed by atoms with E-state index in [2.05, 4.69) is 10.3 Å². The standard InChI is InChI=1S/C26H22ClF6N3O/c27-20-6-7-22(34-16-20)25(15-17-4-2-1-3-5-17,18-12-19(26(31,32)33)14-21(28)13-18)35-23(37)36-10-8-24(29,30)9-11-36/h1-7,12-14,16H,8-11,15H2,(H,35,37)/t25-/m0/s1. The van der Waals surface area contributed by atoms with Crippen molar-refractivity contribution in [3.63, 3.8) is 0 Å². The number of hydrogen-bond donors (Lipinski definition) is 1. The van der Waals surface area contributed by atoms with Crippen molar-refractivity contribution in [2.24, 2.45) is 0 Å². The maximum Gasteiger partial charge on any atom is 0.416 e. The van der Waals surface area contributed by atoms with Crippen LogP contribution in [0.25, 0.3) is 0 Å². The van der Waals surface area contributed by atoms with Crippen molar-refractivity contribution in [3.8, 4) is 0 Å². The van der Waals surface area contributed by atoms with E-state index in [0.717, 1.165) is 17.0 Å². The summed E-state index contributed by atoms with van der Waals surface area (Å²) in [7, 11) is 0. The number of urea groups is 1. The SMILES string of the molecule is O=C(N[C@@](Cc1ccccc1)(c1cc(F)cc(C(F)(F)F)c1)c1ccc(Cl)cn1)N1CCC(F)(F)CC1. The number of alkyl halides is 5. The Morgan fingerprint density at radius 2 is 1.65 bits per heavy atom. The molecule has 2 heterocycles. The number of hydrogen-bond acceptors (Lipinski definition) is 2. The average Bonchev–Trinajstić information content (AvgIpc) is 2.83. The van der Waals surface area contributed by atoms with Crippen LogP contribution in [0.2, 0.25) is 5.02 Å². The average molecular weight is 542 g/mol. The molecular weight excluding hydrogens is 520 g/mol. The first-order chi connectivity index (χ1) is 17.4. The number of piperidine rings is 1. The molecule has 0 unspecified atom stereocenters. The lowest BCUT2D eigenvalue weighted by Gasteiger charge is -2.39. The monoisotopic (exact) mass is 541 g/mol. The van der Waals surface area contributed by atoms with Crippen LogP contribution in [0.3, 0.4) is 0 Å². The molecule has 1 N–H and O–H groups in total. The second kappa shape index (κ2) is 10.2. The zero-order valence-corrected chi connectivity index (χ0v) is 20.1. The van der Waals surface area contributed by atoms with Gasteiger partial charge in [-0.25, -0.2) is 18.0 Å². The van der Waals surface area contributed by atoms with E-state index in [1.165, 1.54) is 18.3 Å². The Morgan fingerprint density at radius 3 is 2.24 bits per heavy atom. The third kappa shape index (κ3) is 6.18. The summed E-state index contributed by atoms with van der Waals surface area (Å²) >= 11 is 5.99. The van der Waals surface area contributed by atoms with Gasteiger partial charge in [-0.15, -0.1) is 0 Å². The summed E-state index contributed by atoms with van der Waals surface area (Å²) in [5.41, 5.74) is -2.57. The van der Waals surface area contributed by atoms with Gasteiger partial charge >= 0.3 is 12.2 Å². The molecule has 1 saturated heterocycles. The molecule has 11 heteroatoms. The molecule has 1 aliphatic heterocycles. The number of aromatic nitrogens is 1. The van der Waals surface area contributed by atoms with E-state index in [1.54, 1.807) is 30.3 Å². The highest BCUT2D eigenvalue weighted by atomic mass is 35.5. The van der Waals surface area contributed by atoms with Gasteiger partial charge in [-0.3, -0.25) is 4.98 Å². The number of carbonyl (C=O) groups excluding carboxylic acids is 1. The Kier molecular flexibility index (Phi) is 7.41. The molecule has 4 nitrogen and oxygen atoms in total. The number of rotatable bonds is 5. The van der Waals surface area contributed by atoms with Crippen LogP contribution in [-0.4, -0.2) is 34.9 Å². The molecule has 2 aromatic carbocycles. The van der Waals surface area contributed by atoms with E-state index >= 15 is 0 Å². The molecule has 1 aromatic heterocycles. The van der Waals surface area contributed by atoms with Gasteiger partial charge in [-0.1, -0.05) is 41.9 Å². The zero-order valence-electron chi connectivity index (χ0n) is 19.3. The number of amides is 2. The largest absolute Gasteiger partial charge is 0.416 e. The van der Waals surface area contributed by atoms with Crippen molar-refractivity contribution in [2.75, 3.05) is 13.1 Å². The first-order valence-corrected chi connectivity index (χ1v) is 11.7. The first kappa shape index (κ1) is 26.8. The van der Waals surface area contributed by atoms with E-state index in [4.69, 9.17) is 11.6 Å². The fourth-order valence-electron chi connectivity index (χ4n) is 4.35. The Bertz CT molecular complexity index is 1240. The summed E-state index contributed by atoms with van der Waals surface area (Å²) in [6.07, 6.45) is -4.83. The molecule has 37 heavy (non-hydrogen) atoms. The number of nitrogens with one attached hydrogen (secondary N) is 1. The van der Waals surface area contributed by atoms with E-state index in [-0.39, 0.29) is 35.8 Å². The topological polar surface area (TPSA) is 45.2 Å². The van der Waals surface area contributed by atoms with E-state index in [9.17, 15) is 31.1 Å². The van der Waals surface area contributed by atoms with Crippen LogP contribution >= 0.6 is 11.6 Å². The Balaban J connectivity index is 1.89. The van der Waals surface area contributed by atoms with Gasteiger partial charge in [0.2, 0.25) is 0 Å².